The van der Waals surface area contributed by atoms with Gasteiger partial charge in [0.2, 0.25) is 0 Å². The fraction of sp³-hybridized carbons (Fsp3) is 0.429. The molecule has 1 saturated carbocycles. The molecule has 1 fully saturated rings. The number of halogens is 1. The second kappa shape index (κ2) is 6.89. The van der Waals surface area contributed by atoms with Gasteiger partial charge in [0.05, 0.1) is 0 Å². The summed E-state index contributed by atoms with van der Waals surface area (Å²) in [5, 5.41) is 3.80. The highest BCUT2D eigenvalue weighted by atomic mass is 79.9. The lowest BCUT2D eigenvalue weighted by Crippen LogP contribution is -2.42. The van der Waals surface area contributed by atoms with Crippen LogP contribution in [0.3, 0.4) is 0 Å². The minimum atomic E-state index is 0.0730. The van der Waals surface area contributed by atoms with Crippen molar-refractivity contribution in [2.75, 3.05) is 6.54 Å². The minimum absolute atomic E-state index is 0.0730. The molecular weight excluding hydrogens is 362 g/mol. The third-order valence-corrected chi connectivity index (χ3v) is 5.96. The third-order valence-electron chi connectivity index (χ3n) is 5.43. The Hall–Kier alpha value is -1.32. The molecule has 2 aromatic rings. The fourth-order valence-corrected chi connectivity index (χ4v) is 4.43. The van der Waals surface area contributed by atoms with Crippen LogP contribution < -0.4 is 10.1 Å². The molecular formula is C21H24BrNO. The number of ether oxygens (including phenoxy) is 1. The highest BCUT2D eigenvalue weighted by molar-refractivity contribution is 9.10. The molecule has 1 heterocycles. The molecule has 0 saturated heterocycles. The second-order valence-corrected chi connectivity index (χ2v) is 8.03. The summed E-state index contributed by atoms with van der Waals surface area (Å²) in [6, 6.07) is 17.6. The molecule has 1 spiro atoms. The molecule has 2 aromatic carbocycles. The van der Waals surface area contributed by atoms with Gasteiger partial charge in [-0.05, 0) is 62.4 Å². The van der Waals surface area contributed by atoms with Crippen LogP contribution in [0.25, 0.3) is 0 Å². The average Bonchev–Trinajstić information content (AvgIpc) is 3.04. The van der Waals surface area contributed by atoms with Crippen LogP contribution in [0.4, 0.5) is 0 Å². The summed E-state index contributed by atoms with van der Waals surface area (Å²) < 4.78 is 7.58. The van der Waals surface area contributed by atoms with Crippen molar-refractivity contribution in [2.45, 2.75) is 50.2 Å². The van der Waals surface area contributed by atoms with E-state index in [0.29, 0.717) is 6.04 Å². The van der Waals surface area contributed by atoms with Gasteiger partial charge in [-0.25, -0.2) is 0 Å². The van der Waals surface area contributed by atoms with Crippen molar-refractivity contribution in [3.05, 3.63) is 64.1 Å². The number of fused-ring (bicyclic) bond motifs is 1. The first kappa shape index (κ1) is 16.2. The molecule has 24 heavy (non-hydrogen) atoms. The predicted octanol–water partition coefficient (Wildman–Crippen LogP) is 5.42. The smallest absolute Gasteiger partial charge is 0.124 e. The van der Waals surface area contributed by atoms with E-state index in [1.165, 1.54) is 36.8 Å². The van der Waals surface area contributed by atoms with E-state index in [1.54, 1.807) is 0 Å². The zero-order chi connectivity index (χ0) is 16.4. The van der Waals surface area contributed by atoms with E-state index in [2.05, 4.69) is 69.8 Å². The number of hydrogen-bond donors (Lipinski definition) is 1. The molecule has 0 aromatic heterocycles. The predicted molar refractivity (Wildman–Crippen MR) is 101 cm³/mol. The first-order chi connectivity index (χ1) is 11.7. The van der Waals surface area contributed by atoms with Gasteiger partial charge < -0.3 is 10.1 Å². The van der Waals surface area contributed by atoms with E-state index >= 15 is 0 Å². The Morgan fingerprint density at radius 1 is 1.04 bits per heavy atom. The maximum Gasteiger partial charge on any atom is 0.124 e. The van der Waals surface area contributed by atoms with Crippen molar-refractivity contribution in [1.82, 2.24) is 5.32 Å². The normalized spacial score (nSPS) is 21.5. The average molecular weight is 386 g/mol. The summed E-state index contributed by atoms with van der Waals surface area (Å²) in [5.74, 6) is 1.09. The van der Waals surface area contributed by atoms with E-state index in [0.717, 1.165) is 29.6 Å². The second-order valence-electron chi connectivity index (χ2n) is 7.12. The van der Waals surface area contributed by atoms with Gasteiger partial charge in [-0.3, -0.25) is 0 Å². The maximum absolute atomic E-state index is 6.44. The summed E-state index contributed by atoms with van der Waals surface area (Å²) >= 11 is 3.50. The number of rotatable bonds is 4. The largest absolute Gasteiger partial charge is 0.487 e. The molecule has 1 N–H and O–H groups in total. The van der Waals surface area contributed by atoms with Gasteiger partial charge >= 0.3 is 0 Å². The fourth-order valence-electron chi connectivity index (χ4n) is 4.17. The molecule has 2 nitrogen and oxygen atoms in total. The maximum atomic E-state index is 6.44. The first-order valence-electron chi connectivity index (χ1n) is 9.00. The van der Waals surface area contributed by atoms with Crippen molar-refractivity contribution in [3.8, 4) is 5.75 Å². The lowest BCUT2D eigenvalue weighted by Gasteiger charge is -2.40. The lowest BCUT2D eigenvalue weighted by atomic mass is 9.86. The first-order valence-corrected chi connectivity index (χ1v) is 9.79. The van der Waals surface area contributed by atoms with Crippen molar-refractivity contribution in [3.63, 3.8) is 0 Å². The number of para-hydroxylation sites is 1. The molecule has 1 unspecified atom stereocenters. The van der Waals surface area contributed by atoms with Crippen molar-refractivity contribution in [1.29, 1.82) is 0 Å². The molecule has 2 aliphatic rings. The van der Waals surface area contributed by atoms with Gasteiger partial charge in [-0.1, -0.05) is 46.3 Å². The van der Waals surface area contributed by atoms with Crippen molar-refractivity contribution >= 4 is 15.9 Å². The van der Waals surface area contributed by atoms with Gasteiger partial charge in [0.15, 0.2) is 0 Å². The van der Waals surface area contributed by atoms with Gasteiger partial charge in [0, 0.05) is 22.5 Å². The van der Waals surface area contributed by atoms with Crippen LogP contribution >= 0.6 is 15.9 Å². The van der Waals surface area contributed by atoms with Crippen molar-refractivity contribution < 1.29 is 4.74 Å². The van der Waals surface area contributed by atoms with Crippen LogP contribution in [0.5, 0.6) is 5.75 Å². The highest BCUT2D eigenvalue weighted by Gasteiger charge is 2.42. The molecule has 126 valence electrons. The highest BCUT2D eigenvalue weighted by Crippen LogP contribution is 2.46. The monoisotopic (exact) mass is 385 g/mol. The van der Waals surface area contributed by atoms with E-state index in [4.69, 9.17) is 4.74 Å². The third kappa shape index (κ3) is 3.38. The topological polar surface area (TPSA) is 21.3 Å². The zero-order valence-electron chi connectivity index (χ0n) is 13.9. The van der Waals surface area contributed by atoms with Crippen LogP contribution in [0.15, 0.2) is 53.0 Å². The molecule has 1 aliphatic carbocycles. The Morgan fingerprint density at radius 2 is 1.79 bits per heavy atom. The number of hydrogen-bond acceptors (Lipinski definition) is 2. The van der Waals surface area contributed by atoms with Gasteiger partial charge in [0.1, 0.15) is 11.4 Å². The van der Waals surface area contributed by atoms with Crippen LogP contribution in [0.2, 0.25) is 0 Å². The van der Waals surface area contributed by atoms with Crippen LogP contribution in [0, 0.1) is 0 Å². The Balaban J connectivity index is 1.46. The zero-order valence-corrected chi connectivity index (χ0v) is 15.5. The van der Waals surface area contributed by atoms with E-state index in [9.17, 15) is 0 Å². The van der Waals surface area contributed by atoms with Crippen LogP contribution in [0.1, 0.15) is 49.3 Å². The summed E-state index contributed by atoms with van der Waals surface area (Å²) in [5.41, 5.74) is 2.77. The molecule has 0 radical (unpaired) electrons. The number of benzene rings is 2. The van der Waals surface area contributed by atoms with E-state index in [-0.39, 0.29) is 5.60 Å². The van der Waals surface area contributed by atoms with Gasteiger partial charge in [-0.15, -0.1) is 0 Å². The minimum Gasteiger partial charge on any atom is -0.487 e. The van der Waals surface area contributed by atoms with E-state index in [1.807, 2.05) is 0 Å². The number of nitrogens with one attached hydrogen (secondary N) is 1. The molecule has 0 amide bonds. The Morgan fingerprint density at radius 3 is 2.58 bits per heavy atom. The summed E-state index contributed by atoms with van der Waals surface area (Å²) in [6.45, 7) is 0.997. The summed E-state index contributed by atoms with van der Waals surface area (Å²) in [6.07, 6.45) is 7.16. The SMILES string of the molecule is Brc1ccc(CCNC2CC3(CCCC3)Oc3ccccc32)cc1. The molecule has 3 heteroatoms. The standard InChI is InChI=1S/C21H24BrNO/c22-17-9-7-16(8-10-17)11-14-23-19-15-21(12-3-4-13-21)24-20-6-2-1-5-18(19)20/h1-2,5-10,19,23H,3-4,11-15H2. The van der Waals surface area contributed by atoms with Gasteiger partial charge in [0.25, 0.3) is 0 Å². The summed E-state index contributed by atoms with van der Waals surface area (Å²) in [4.78, 5) is 0. The molecule has 1 atom stereocenters. The summed E-state index contributed by atoms with van der Waals surface area (Å²) in [7, 11) is 0. The van der Waals surface area contributed by atoms with Gasteiger partial charge in [-0.2, -0.15) is 0 Å². The molecule has 0 bridgehead atoms. The molecule has 1 aliphatic heterocycles. The quantitative estimate of drug-likeness (QED) is 0.758. The Kier molecular flexibility index (Phi) is 4.64. The molecule has 4 rings (SSSR count). The van der Waals surface area contributed by atoms with Crippen LogP contribution in [-0.2, 0) is 6.42 Å². The van der Waals surface area contributed by atoms with Crippen molar-refractivity contribution in [2.24, 2.45) is 0 Å². The lowest BCUT2D eigenvalue weighted by molar-refractivity contribution is 0.0369. The Labute approximate surface area is 152 Å². The Bertz CT molecular complexity index is 691. The van der Waals surface area contributed by atoms with E-state index < -0.39 is 0 Å². The van der Waals surface area contributed by atoms with Crippen LogP contribution in [-0.4, -0.2) is 12.1 Å².